The maximum absolute atomic E-state index is 10.7. The van der Waals surface area contributed by atoms with Gasteiger partial charge in [-0.3, -0.25) is 10.1 Å². The van der Waals surface area contributed by atoms with Gasteiger partial charge in [-0.25, -0.2) is 0 Å². The van der Waals surface area contributed by atoms with Crippen LogP contribution in [0.25, 0.3) is 0 Å². The van der Waals surface area contributed by atoms with Crippen LogP contribution in [0.15, 0.2) is 18.2 Å². The Morgan fingerprint density at radius 1 is 1.47 bits per heavy atom. The fraction of sp³-hybridized carbons (Fsp3) is 0.400. The summed E-state index contributed by atoms with van der Waals surface area (Å²) in [5.41, 5.74) is 11.9. The van der Waals surface area contributed by atoms with Crippen LogP contribution in [0.5, 0.6) is 0 Å². The Morgan fingerprint density at radius 2 is 2.12 bits per heavy atom. The summed E-state index contributed by atoms with van der Waals surface area (Å²) in [6.45, 7) is 0.559. The topological polar surface area (TPSA) is 95.2 Å². The van der Waals surface area contributed by atoms with E-state index < -0.39 is 4.92 Å². The number of benzene rings is 1. The second kappa shape index (κ2) is 7.45. The molecule has 0 aliphatic carbocycles. The monoisotopic (exact) mass is 279 g/mol. The first-order chi connectivity index (χ1) is 7.56. The molecule has 0 saturated heterocycles. The Labute approximate surface area is 111 Å². The Kier molecular flexibility index (Phi) is 7.06. The van der Waals surface area contributed by atoms with Crippen molar-refractivity contribution in [1.29, 1.82) is 0 Å². The lowest BCUT2D eigenvalue weighted by molar-refractivity contribution is -0.384. The lowest BCUT2D eigenvalue weighted by atomic mass is 10.0. The first-order valence-corrected chi connectivity index (χ1v) is 5.33. The van der Waals surface area contributed by atoms with Crippen LogP contribution >= 0.6 is 24.0 Å². The number of nitrogens with zero attached hydrogens (tertiary/aromatic N) is 1. The molecule has 1 aromatic carbocycles. The van der Waals surface area contributed by atoms with E-state index in [4.69, 9.17) is 23.1 Å². The Balaban J connectivity index is 0.00000256. The predicted octanol–water partition coefficient (Wildman–Crippen LogP) is 2.41. The minimum Gasteiger partial charge on any atom is -0.330 e. The maximum Gasteiger partial charge on any atom is 0.288 e. The van der Waals surface area contributed by atoms with Crippen molar-refractivity contribution in [1.82, 2.24) is 0 Å². The molecular weight excluding hydrogens is 265 g/mol. The van der Waals surface area contributed by atoms with Crippen molar-refractivity contribution in [3.05, 3.63) is 38.9 Å². The third-order valence-electron chi connectivity index (χ3n) is 2.31. The molecule has 17 heavy (non-hydrogen) atoms. The zero-order valence-corrected chi connectivity index (χ0v) is 10.7. The van der Waals surface area contributed by atoms with Crippen molar-refractivity contribution in [3.8, 4) is 0 Å². The number of nitrogens with two attached hydrogens (primary N) is 2. The summed E-state index contributed by atoms with van der Waals surface area (Å²) in [4.78, 5) is 10.2. The lowest BCUT2D eigenvalue weighted by Crippen LogP contribution is -2.12. The van der Waals surface area contributed by atoms with Gasteiger partial charge in [-0.2, -0.15) is 0 Å². The molecule has 0 aliphatic rings. The number of rotatable bonds is 5. The highest BCUT2D eigenvalue weighted by atomic mass is 35.5. The van der Waals surface area contributed by atoms with E-state index in [0.29, 0.717) is 18.5 Å². The quantitative estimate of drug-likeness (QED) is 0.639. The molecule has 1 atom stereocenters. The number of hydrogen-bond donors (Lipinski definition) is 2. The molecule has 0 radical (unpaired) electrons. The van der Waals surface area contributed by atoms with Crippen molar-refractivity contribution in [2.45, 2.75) is 18.9 Å². The van der Waals surface area contributed by atoms with Gasteiger partial charge in [0.25, 0.3) is 5.69 Å². The van der Waals surface area contributed by atoms with Crippen molar-refractivity contribution in [3.63, 3.8) is 0 Å². The molecule has 5 nitrogen and oxygen atoms in total. The van der Waals surface area contributed by atoms with Gasteiger partial charge < -0.3 is 11.5 Å². The number of nitro benzene ring substituents is 1. The van der Waals surface area contributed by atoms with Gasteiger partial charge in [-0.15, -0.1) is 12.4 Å². The van der Waals surface area contributed by atoms with Crippen molar-refractivity contribution in [2.75, 3.05) is 6.54 Å². The minimum absolute atomic E-state index is 0. The van der Waals surface area contributed by atoms with Gasteiger partial charge in [-0.05, 0) is 31.0 Å². The molecule has 1 rings (SSSR count). The van der Waals surface area contributed by atoms with Gasteiger partial charge in [0.15, 0.2) is 0 Å². The van der Waals surface area contributed by atoms with Gasteiger partial charge >= 0.3 is 0 Å². The van der Waals surface area contributed by atoms with E-state index in [9.17, 15) is 10.1 Å². The standard InChI is InChI=1S/C10H14ClN3O2.ClH/c11-8-4-3-7(6-10(8)14(15)16)9(13)2-1-5-12;/h3-4,6,9H,1-2,5,12-13H2;1H/t9-;/m1./s1. The average molecular weight is 280 g/mol. The van der Waals surface area contributed by atoms with E-state index >= 15 is 0 Å². The summed E-state index contributed by atoms with van der Waals surface area (Å²) in [5, 5.41) is 10.8. The fourth-order valence-corrected chi connectivity index (χ4v) is 1.59. The summed E-state index contributed by atoms with van der Waals surface area (Å²) >= 11 is 5.70. The van der Waals surface area contributed by atoms with Gasteiger partial charge in [0.05, 0.1) is 4.92 Å². The lowest BCUT2D eigenvalue weighted by Gasteiger charge is -2.11. The number of halogens is 2. The molecular formula is C10H15Cl2N3O2. The summed E-state index contributed by atoms with van der Waals surface area (Å²) in [6, 6.07) is 4.39. The SMILES string of the molecule is Cl.NCCC[C@@H](N)c1ccc(Cl)c([N+](=O)[O-])c1. The molecule has 0 saturated carbocycles. The molecule has 96 valence electrons. The predicted molar refractivity (Wildman–Crippen MR) is 70.6 cm³/mol. The van der Waals surface area contributed by atoms with Crippen LogP contribution in [0, 0.1) is 10.1 Å². The molecule has 0 bridgehead atoms. The molecule has 0 spiro atoms. The molecule has 4 N–H and O–H groups in total. The Hall–Kier alpha value is -0.880. The molecule has 0 heterocycles. The van der Waals surface area contributed by atoms with Crippen LogP contribution in [0.1, 0.15) is 24.4 Å². The second-order valence-corrected chi connectivity index (χ2v) is 3.91. The molecule has 0 fully saturated rings. The summed E-state index contributed by atoms with van der Waals surface area (Å²) in [5.74, 6) is 0. The van der Waals surface area contributed by atoms with Crippen LogP contribution < -0.4 is 11.5 Å². The Bertz CT molecular complexity index is 388. The molecule has 1 aromatic rings. The first-order valence-electron chi connectivity index (χ1n) is 4.95. The zero-order valence-electron chi connectivity index (χ0n) is 9.14. The van der Waals surface area contributed by atoms with Crippen LogP contribution in [-0.2, 0) is 0 Å². The zero-order chi connectivity index (χ0) is 12.1. The summed E-state index contributed by atoms with van der Waals surface area (Å²) < 4.78 is 0. The average Bonchev–Trinajstić information content (AvgIpc) is 2.26. The minimum atomic E-state index is -0.512. The van der Waals surface area contributed by atoms with Crippen LogP contribution in [0.4, 0.5) is 5.69 Å². The van der Waals surface area contributed by atoms with Crippen LogP contribution in [0.3, 0.4) is 0 Å². The smallest absolute Gasteiger partial charge is 0.288 e. The van der Waals surface area contributed by atoms with Crippen LogP contribution in [0.2, 0.25) is 5.02 Å². The van der Waals surface area contributed by atoms with E-state index in [1.807, 2.05) is 0 Å². The summed E-state index contributed by atoms with van der Waals surface area (Å²) in [6.07, 6.45) is 1.49. The Morgan fingerprint density at radius 3 is 2.65 bits per heavy atom. The van der Waals surface area contributed by atoms with Crippen molar-refractivity contribution in [2.24, 2.45) is 11.5 Å². The highest BCUT2D eigenvalue weighted by Gasteiger charge is 2.15. The van der Waals surface area contributed by atoms with Gasteiger partial charge in [0.2, 0.25) is 0 Å². The molecule has 7 heteroatoms. The van der Waals surface area contributed by atoms with E-state index in [0.717, 1.165) is 6.42 Å². The molecule has 0 amide bonds. The van der Waals surface area contributed by atoms with E-state index in [1.165, 1.54) is 12.1 Å². The van der Waals surface area contributed by atoms with Gasteiger partial charge in [-0.1, -0.05) is 17.7 Å². The maximum atomic E-state index is 10.7. The van der Waals surface area contributed by atoms with Crippen molar-refractivity contribution < 1.29 is 4.92 Å². The third kappa shape index (κ3) is 4.47. The number of hydrogen-bond acceptors (Lipinski definition) is 4. The van der Waals surface area contributed by atoms with Gasteiger partial charge in [0, 0.05) is 12.1 Å². The highest BCUT2D eigenvalue weighted by Crippen LogP contribution is 2.28. The van der Waals surface area contributed by atoms with E-state index in [2.05, 4.69) is 0 Å². The molecule has 0 aliphatic heterocycles. The van der Waals surface area contributed by atoms with Crippen molar-refractivity contribution >= 4 is 29.7 Å². The number of nitro groups is 1. The normalized spacial score (nSPS) is 11.7. The van der Waals surface area contributed by atoms with Gasteiger partial charge in [0.1, 0.15) is 5.02 Å². The summed E-state index contributed by atoms with van der Waals surface area (Å²) in [7, 11) is 0. The van der Waals surface area contributed by atoms with Crippen LogP contribution in [-0.4, -0.2) is 11.5 Å². The van der Waals surface area contributed by atoms with E-state index in [1.54, 1.807) is 6.07 Å². The third-order valence-corrected chi connectivity index (χ3v) is 2.63. The largest absolute Gasteiger partial charge is 0.330 e. The second-order valence-electron chi connectivity index (χ2n) is 3.51. The van der Waals surface area contributed by atoms with E-state index in [-0.39, 0.29) is 29.2 Å². The molecule has 0 unspecified atom stereocenters. The first kappa shape index (κ1) is 16.1. The molecule has 0 aromatic heterocycles. The highest BCUT2D eigenvalue weighted by molar-refractivity contribution is 6.32. The fourth-order valence-electron chi connectivity index (χ4n) is 1.40.